The van der Waals surface area contributed by atoms with E-state index in [1.165, 1.54) is 0 Å². The lowest BCUT2D eigenvalue weighted by Gasteiger charge is -2.30. The molecule has 1 rings (SSSR count). The maximum absolute atomic E-state index is 11.7. The average molecular weight is 264 g/mol. The molecule has 0 unspecified atom stereocenters. The minimum Gasteiger partial charge on any atom is -0.444 e. The molecule has 1 radical (unpaired) electrons. The van der Waals surface area contributed by atoms with Crippen molar-refractivity contribution in [3.05, 3.63) is 42.8 Å². The Labute approximate surface area is 114 Å². The van der Waals surface area contributed by atoms with Crippen LogP contribution in [0, 0.1) is 6.92 Å². The Kier molecular flexibility index (Phi) is 4.95. The minimum atomic E-state index is -0.982. The minimum absolute atomic E-state index is 0.263. The molecule has 1 aromatic carbocycles. The van der Waals surface area contributed by atoms with Gasteiger partial charge in [0.15, 0.2) is 0 Å². The highest BCUT2D eigenvalue weighted by Crippen LogP contribution is 2.14. The molecule has 0 aliphatic carbocycles. The van der Waals surface area contributed by atoms with Crippen LogP contribution in [0.2, 0.25) is 0 Å². The van der Waals surface area contributed by atoms with E-state index in [9.17, 15) is 9.90 Å². The highest BCUT2D eigenvalue weighted by atomic mass is 16.6. The molecule has 1 atom stereocenters. The van der Waals surface area contributed by atoms with Gasteiger partial charge in [-0.1, -0.05) is 30.3 Å². The lowest BCUT2D eigenvalue weighted by molar-refractivity contribution is 0.0437. The Morgan fingerprint density at radius 1 is 1.32 bits per heavy atom. The van der Waals surface area contributed by atoms with Gasteiger partial charge in [-0.05, 0) is 39.7 Å². The fourth-order valence-corrected chi connectivity index (χ4v) is 1.65. The largest absolute Gasteiger partial charge is 0.444 e. The van der Waals surface area contributed by atoms with Gasteiger partial charge in [0.1, 0.15) is 5.60 Å². The zero-order valence-electron chi connectivity index (χ0n) is 11.8. The van der Waals surface area contributed by atoms with Gasteiger partial charge in [-0.25, -0.2) is 4.79 Å². The molecule has 19 heavy (non-hydrogen) atoms. The third kappa shape index (κ3) is 5.75. The summed E-state index contributed by atoms with van der Waals surface area (Å²) in [6.45, 7) is 8.98. The summed E-state index contributed by atoms with van der Waals surface area (Å²) in [4.78, 5) is 11.7. The fraction of sp³-hybridized carbons (Fsp3) is 0.467. The van der Waals surface area contributed by atoms with Crippen molar-refractivity contribution in [1.82, 2.24) is 5.32 Å². The van der Waals surface area contributed by atoms with Crippen LogP contribution in [-0.4, -0.2) is 28.9 Å². The third-order valence-electron chi connectivity index (χ3n) is 2.45. The second-order valence-corrected chi connectivity index (χ2v) is 5.73. The van der Waals surface area contributed by atoms with Crippen LogP contribution in [0.5, 0.6) is 0 Å². The normalized spacial score (nSPS) is 14.6. The molecule has 0 saturated carbocycles. The van der Waals surface area contributed by atoms with E-state index in [0.29, 0.717) is 6.42 Å². The second-order valence-electron chi connectivity index (χ2n) is 5.73. The van der Waals surface area contributed by atoms with Gasteiger partial charge in [-0.15, -0.1) is 0 Å². The zero-order valence-corrected chi connectivity index (χ0v) is 11.8. The van der Waals surface area contributed by atoms with E-state index in [-0.39, 0.29) is 6.61 Å². The van der Waals surface area contributed by atoms with Gasteiger partial charge >= 0.3 is 6.09 Å². The number of hydrogen-bond donors (Lipinski definition) is 2. The van der Waals surface area contributed by atoms with E-state index in [1.807, 2.05) is 30.3 Å². The highest BCUT2D eigenvalue weighted by molar-refractivity contribution is 5.69. The first-order chi connectivity index (χ1) is 8.74. The van der Waals surface area contributed by atoms with Crippen molar-refractivity contribution < 1.29 is 14.6 Å². The Morgan fingerprint density at radius 3 is 2.37 bits per heavy atom. The Bertz CT molecular complexity index is 411. The summed E-state index contributed by atoms with van der Waals surface area (Å²) in [5, 5.41) is 12.1. The summed E-state index contributed by atoms with van der Waals surface area (Å²) in [5.74, 6) is 0. The second kappa shape index (κ2) is 6.06. The summed E-state index contributed by atoms with van der Waals surface area (Å²) in [7, 11) is 0. The zero-order chi connectivity index (χ0) is 14.5. The summed E-state index contributed by atoms with van der Waals surface area (Å²) in [5.41, 5.74) is -0.570. The van der Waals surface area contributed by atoms with Crippen LogP contribution in [0.15, 0.2) is 30.3 Å². The van der Waals surface area contributed by atoms with Gasteiger partial charge in [0.05, 0.1) is 12.1 Å². The molecule has 4 nitrogen and oxygen atoms in total. The predicted octanol–water partition coefficient (Wildman–Crippen LogP) is 2.32. The van der Waals surface area contributed by atoms with Crippen molar-refractivity contribution in [3.63, 3.8) is 0 Å². The number of nitrogens with one attached hydrogen (secondary N) is 1. The standard InChI is InChI=1S/C15H22NO3/c1-14(2,3)19-13(18)16-15(4,11-17)10-12-8-6-5-7-9-12/h5-9,17H,4,10-11H2,1-3H3,(H,16,18)/t15-/m1/s1. The molecule has 0 aliphatic heterocycles. The van der Waals surface area contributed by atoms with Crippen LogP contribution in [-0.2, 0) is 11.2 Å². The van der Waals surface area contributed by atoms with Crippen LogP contribution in [0.1, 0.15) is 26.3 Å². The molecule has 0 aliphatic rings. The van der Waals surface area contributed by atoms with E-state index in [2.05, 4.69) is 12.2 Å². The number of carbonyl (C=O) groups is 1. The molecular weight excluding hydrogens is 242 g/mol. The van der Waals surface area contributed by atoms with Crippen molar-refractivity contribution in [1.29, 1.82) is 0 Å². The number of aliphatic hydroxyl groups is 1. The number of ether oxygens (including phenoxy) is 1. The Hall–Kier alpha value is -1.55. The predicted molar refractivity (Wildman–Crippen MR) is 74.7 cm³/mol. The first kappa shape index (κ1) is 15.5. The maximum Gasteiger partial charge on any atom is 0.408 e. The molecule has 0 aromatic heterocycles. The fourth-order valence-electron chi connectivity index (χ4n) is 1.65. The summed E-state index contributed by atoms with van der Waals surface area (Å²) in [6, 6.07) is 9.56. The van der Waals surface area contributed by atoms with Gasteiger partial charge in [0, 0.05) is 0 Å². The number of carbonyl (C=O) groups excluding carboxylic acids is 1. The molecule has 0 bridgehead atoms. The molecule has 2 N–H and O–H groups in total. The first-order valence-electron chi connectivity index (χ1n) is 6.25. The number of hydrogen-bond acceptors (Lipinski definition) is 3. The van der Waals surface area contributed by atoms with E-state index < -0.39 is 17.2 Å². The van der Waals surface area contributed by atoms with Crippen molar-refractivity contribution in [3.8, 4) is 0 Å². The number of alkyl carbamates (subject to hydrolysis) is 1. The number of aliphatic hydroxyl groups excluding tert-OH is 1. The topological polar surface area (TPSA) is 58.6 Å². The molecule has 4 heteroatoms. The van der Waals surface area contributed by atoms with Crippen LogP contribution < -0.4 is 5.32 Å². The van der Waals surface area contributed by atoms with E-state index >= 15 is 0 Å². The van der Waals surface area contributed by atoms with Crippen molar-refractivity contribution in [2.45, 2.75) is 38.3 Å². The third-order valence-corrected chi connectivity index (χ3v) is 2.45. The number of rotatable bonds is 4. The van der Waals surface area contributed by atoms with Crippen LogP contribution in [0.3, 0.4) is 0 Å². The van der Waals surface area contributed by atoms with Crippen molar-refractivity contribution >= 4 is 6.09 Å². The summed E-state index contributed by atoms with van der Waals surface area (Å²) >= 11 is 0. The molecule has 1 aromatic rings. The Morgan fingerprint density at radius 2 is 1.89 bits per heavy atom. The number of benzene rings is 1. The van der Waals surface area contributed by atoms with Crippen molar-refractivity contribution in [2.75, 3.05) is 6.61 Å². The summed E-state index contributed by atoms with van der Waals surface area (Å²) in [6.07, 6.45) is -0.142. The molecule has 0 spiro atoms. The van der Waals surface area contributed by atoms with E-state index in [0.717, 1.165) is 5.56 Å². The average Bonchev–Trinajstić information content (AvgIpc) is 2.27. The molecule has 0 heterocycles. The first-order valence-corrected chi connectivity index (χ1v) is 6.25. The van der Waals surface area contributed by atoms with Gasteiger partial charge in [0.25, 0.3) is 0 Å². The quantitative estimate of drug-likeness (QED) is 0.877. The van der Waals surface area contributed by atoms with Gasteiger partial charge < -0.3 is 15.2 Å². The van der Waals surface area contributed by atoms with Gasteiger partial charge in [-0.3, -0.25) is 0 Å². The van der Waals surface area contributed by atoms with Gasteiger partial charge in [-0.2, -0.15) is 0 Å². The SMILES string of the molecule is [CH2][C@](CO)(Cc1ccccc1)NC(=O)OC(C)(C)C. The lowest BCUT2D eigenvalue weighted by Crippen LogP contribution is -2.52. The number of amides is 1. The van der Waals surface area contributed by atoms with Gasteiger partial charge in [0.2, 0.25) is 0 Å². The molecule has 0 fully saturated rings. The smallest absolute Gasteiger partial charge is 0.408 e. The molecule has 105 valence electrons. The summed E-state index contributed by atoms with van der Waals surface area (Å²) < 4.78 is 5.17. The highest BCUT2D eigenvalue weighted by Gasteiger charge is 2.28. The maximum atomic E-state index is 11.7. The monoisotopic (exact) mass is 264 g/mol. The lowest BCUT2D eigenvalue weighted by atomic mass is 9.94. The molecule has 0 saturated heterocycles. The molecular formula is C15H22NO3. The van der Waals surface area contributed by atoms with Crippen LogP contribution >= 0.6 is 0 Å². The van der Waals surface area contributed by atoms with E-state index in [1.54, 1.807) is 20.8 Å². The van der Waals surface area contributed by atoms with Crippen molar-refractivity contribution in [2.24, 2.45) is 0 Å². The molecule has 1 amide bonds. The van der Waals surface area contributed by atoms with Crippen LogP contribution in [0.25, 0.3) is 0 Å². The van der Waals surface area contributed by atoms with Crippen LogP contribution in [0.4, 0.5) is 4.79 Å². The Balaban J connectivity index is 2.68. The van der Waals surface area contributed by atoms with E-state index in [4.69, 9.17) is 4.74 Å².